The highest BCUT2D eigenvalue weighted by molar-refractivity contribution is 5.90. The van der Waals surface area contributed by atoms with Gasteiger partial charge in [0.1, 0.15) is 0 Å². The van der Waals surface area contributed by atoms with E-state index >= 15 is 0 Å². The van der Waals surface area contributed by atoms with Gasteiger partial charge in [0, 0.05) is 19.2 Å². The number of hydrogen-bond acceptors (Lipinski definition) is 5. The van der Waals surface area contributed by atoms with E-state index < -0.39 is 40.9 Å². The molecule has 0 aliphatic carbocycles. The number of nitrogens with zero attached hydrogens (tertiary/aromatic N) is 2. The van der Waals surface area contributed by atoms with Gasteiger partial charge in [-0.25, -0.2) is 4.79 Å². The Hall–Kier alpha value is -3.31. The van der Waals surface area contributed by atoms with Crippen LogP contribution in [0.5, 0.6) is 0 Å². The summed E-state index contributed by atoms with van der Waals surface area (Å²) in [6.07, 6.45) is -7.47. The third kappa shape index (κ3) is 5.55. The van der Waals surface area contributed by atoms with Crippen LogP contribution in [0.2, 0.25) is 0 Å². The zero-order valence-corrected chi connectivity index (χ0v) is 17.3. The Balaban J connectivity index is 1.75. The summed E-state index contributed by atoms with van der Waals surface area (Å²) in [5.41, 5.74) is -2.95. The summed E-state index contributed by atoms with van der Waals surface area (Å²) < 4.78 is 81.9. The molecule has 1 aliphatic heterocycles. The molecule has 3 rings (SSSR count). The van der Waals surface area contributed by atoms with Crippen LogP contribution in [0.15, 0.2) is 42.7 Å². The number of pyridine rings is 1. The normalized spacial score (nSPS) is 18.8. The second-order valence-corrected chi connectivity index (χ2v) is 7.59. The number of carbonyl (C=O) groups excluding carboxylic acids is 2. The smallest absolute Gasteiger partial charge is 0.417 e. The van der Waals surface area contributed by atoms with Crippen molar-refractivity contribution < 1.29 is 40.7 Å². The van der Waals surface area contributed by atoms with Gasteiger partial charge in [-0.3, -0.25) is 9.78 Å². The van der Waals surface area contributed by atoms with Gasteiger partial charge in [0.15, 0.2) is 5.54 Å². The number of esters is 1. The van der Waals surface area contributed by atoms with Crippen molar-refractivity contribution in [3.05, 3.63) is 59.4 Å². The molecule has 0 saturated carbocycles. The van der Waals surface area contributed by atoms with Gasteiger partial charge < -0.3 is 15.0 Å². The number of anilines is 1. The minimum absolute atomic E-state index is 0.0503. The highest BCUT2D eigenvalue weighted by atomic mass is 19.4. The molecule has 1 aromatic carbocycles. The first-order valence-electron chi connectivity index (χ1n) is 9.67. The molecule has 12 heteroatoms. The average molecular weight is 475 g/mol. The first-order valence-corrected chi connectivity index (χ1v) is 9.67. The first kappa shape index (κ1) is 24.3. The summed E-state index contributed by atoms with van der Waals surface area (Å²) in [4.78, 5) is 30.2. The highest BCUT2D eigenvalue weighted by Crippen LogP contribution is 2.34. The van der Waals surface area contributed by atoms with Crippen LogP contribution in [0.25, 0.3) is 0 Å². The van der Waals surface area contributed by atoms with Crippen LogP contribution in [-0.2, 0) is 33.1 Å². The molecule has 33 heavy (non-hydrogen) atoms. The minimum Gasteiger partial charge on any atom is -0.467 e. The van der Waals surface area contributed by atoms with E-state index in [2.05, 4.69) is 10.3 Å². The number of alkyl halides is 6. The van der Waals surface area contributed by atoms with Gasteiger partial charge in [-0.1, -0.05) is 12.1 Å². The molecule has 178 valence electrons. The van der Waals surface area contributed by atoms with Gasteiger partial charge in [0.05, 0.1) is 43.1 Å². The number of carbonyl (C=O) groups is 2. The standard InChI is InChI=1S/C21H19F6N3O3/c1-33-18(32)19(29-17(31)8-13-2-4-14(5-3-13)20(22,23)24)6-7-30(12-19)16-9-15(10-28-11-16)21(25,26)27/h2-5,9-11H,6-8,12H2,1H3,(H,29,31)/t19-/m0/s1. The van der Waals surface area contributed by atoms with E-state index in [-0.39, 0.29) is 37.2 Å². The molecular formula is C21H19F6N3O3. The van der Waals surface area contributed by atoms with Crippen LogP contribution in [0.3, 0.4) is 0 Å². The van der Waals surface area contributed by atoms with Crippen LogP contribution in [-0.4, -0.2) is 42.6 Å². The summed E-state index contributed by atoms with van der Waals surface area (Å²) in [5, 5.41) is 2.56. The Morgan fingerprint density at radius 3 is 2.27 bits per heavy atom. The Bertz CT molecular complexity index is 1020. The van der Waals surface area contributed by atoms with E-state index in [0.717, 1.165) is 37.4 Å². The molecule has 0 spiro atoms. The third-order valence-electron chi connectivity index (χ3n) is 5.29. The van der Waals surface area contributed by atoms with Gasteiger partial charge in [-0.05, 0) is 23.8 Å². The lowest BCUT2D eigenvalue weighted by Gasteiger charge is -2.28. The van der Waals surface area contributed by atoms with Crippen molar-refractivity contribution in [2.45, 2.75) is 30.7 Å². The first-order chi connectivity index (χ1) is 15.3. The Morgan fingerprint density at radius 1 is 1.06 bits per heavy atom. The molecule has 1 atom stereocenters. The number of benzene rings is 1. The fourth-order valence-electron chi connectivity index (χ4n) is 3.61. The molecule has 1 saturated heterocycles. The summed E-state index contributed by atoms with van der Waals surface area (Å²) in [6, 6.07) is 4.89. The molecule has 6 nitrogen and oxygen atoms in total. The van der Waals surface area contributed by atoms with Crippen molar-refractivity contribution in [2.75, 3.05) is 25.1 Å². The number of ether oxygens (including phenoxy) is 1. The fourth-order valence-corrected chi connectivity index (χ4v) is 3.61. The summed E-state index contributed by atoms with van der Waals surface area (Å²) >= 11 is 0. The maximum Gasteiger partial charge on any atom is 0.417 e. The zero-order chi connectivity index (χ0) is 24.4. The maximum atomic E-state index is 13.0. The zero-order valence-electron chi connectivity index (χ0n) is 17.3. The highest BCUT2D eigenvalue weighted by Gasteiger charge is 2.47. The van der Waals surface area contributed by atoms with E-state index in [4.69, 9.17) is 4.74 Å². The van der Waals surface area contributed by atoms with Gasteiger partial charge in [0.2, 0.25) is 5.91 Å². The molecule has 1 amide bonds. The number of amides is 1. The molecule has 1 N–H and O–H groups in total. The van der Waals surface area contributed by atoms with Gasteiger partial charge in [0.25, 0.3) is 0 Å². The third-order valence-corrected chi connectivity index (χ3v) is 5.29. The second kappa shape index (κ2) is 8.91. The molecule has 1 aliphatic rings. The summed E-state index contributed by atoms with van der Waals surface area (Å²) in [5.74, 6) is -1.44. The van der Waals surface area contributed by atoms with Crippen molar-refractivity contribution in [3.63, 3.8) is 0 Å². The summed E-state index contributed by atoms with van der Waals surface area (Å²) in [6.45, 7) is -0.0277. The van der Waals surface area contributed by atoms with E-state index in [0.29, 0.717) is 6.20 Å². The monoisotopic (exact) mass is 475 g/mol. The minimum atomic E-state index is -4.60. The molecule has 0 radical (unpaired) electrons. The lowest BCUT2D eigenvalue weighted by Crippen LogP contribution is -2.57. The van der Waals surface area contributed by atoms with Crippen molar-refractivity contribution in [1.82, 2.24) is 10.3 Å². The SMILES string of the molecule is COC(=O)[C@]1(NC(=O)Cc2ccc(C(F)(F)F)cc2)CCN(c2cncc(C(F)(F)F)c2)C1. The fraction of sp³-hybridized carbons (Fsp3) is 0.381. The maximum absolute atomic E-state index is 13.0. The number of rotatable bonds is 5. The Labute approximate surface area is 184 Å². The largest absolute Gasteiger partial charge is 0.467 e. The second-order valence-electron chi connectivity index (χ2n) is 7.59. The van der Waals surface area contributed by atoms with Gasteiger partial charge in [-0.15, -0.1) is 0 Å². The van der Waals surface area contributed by atoms with Crippen molar-refractivity contribution >= 4 is 17.6 Å². The molecule has 2 aromatic rings. The van der Waals surface area contributed by atoms with Crippen LogP contribution in [0, 0.1) is 0 Å². The van der Waals surface area contributed by atoms with E-state index in [9.17, 15) is 35.9 Å². The van der Waals surface area contributed by atoms with Crippen LogP contribution < -0.4 is 10.2 Å². The quantitative estimate of drug-likeness (QED) is 0.529. The number of aromatic nitrogens is 1. The number of nitrogens with one attached hydrogen (secondary N) is 1. The van der Waals surface area contributed by atoms with E-state index in [1.165, 1.54) is 11.1 Å². The lowest BCUT2D eigenvalue weighted by molar-refractivity contribution is -0.150. The number of halogens is 6. The van der Waals surface area contributed by atoms with E-state index in [1.54, 1.807) is 0 Å². The predicted octanol–water partition coefficient (Wildman–Crippen LogP) is 3.60. The van der Waals surface area contributed by atoms with Crippen LogP contribution in [0.4, 0.5) is 32.0 Å². The summed E-state index contributed by atoms with van der Waals surface area (Å²) in [7, 11) is 1.11. The molecule has 0 bridgehead atoms. The Kier molecular flexibility index (Phi) is 6.57. The molecular weight excluding hydrogens is 456 g/mol. The molecule has 0 unspecified atom stereocenters. The molecule has 2 heterocycles. The average Bonchev–Trinajstić information content (AvgIpc) is 3.17. The Morgan fingerprint density at radius 2 is 1.70 bits per heavy atom. The number of hydrogen-bond donors (Lipinski definition) is 1. The molecule has 1 aromatic heterocycles. The molecule has 1 fully saturated rings. The van der Waals surface area contributed by atoms with Crippen LogP contribution >= 0.6 is 0 Å². The van der Waals surface area contributed by atoms with Gasteiger partial charge in [-0.2, -0.15) is 26.3 Å². The van der Waals surface area contributed by atoms with Gasteiger partial charge >= 0.3 is 18.3 Å². The van der Waals surface area contributed by atoms with Crippen molar-refractivity contribution in [1.29, 1.82) is 0 Å². The lowest BCUT2D eigenvalue weighted by atomic mass is 9.97. The van der Waals surface area contributed by atoms with E-state index in [1.807, 2.05) is 0 Å². The predicted molar refractivity (Wildman–Crippen MR) is 104 cm³/mol. The topological polar surface area (TPSA) is 71.5 Å². The number of methoxy groups -OCH3 is 1. The van der Waals surface area contributed by atoms with Crippen LogP contribution in [0.1, 0.15) is 23.1 Å². The van der Waals surface area contributed by atoms with Crippen molar-refractivity contribution in [2.24, 2.45) is 0 Å². The van der Waals surface area contributed by atoms with Crippen molar-refractivity contribution in [3.8, 4) is 0 Å².